The largest absolute Gasteiger partial charge is 0.348 e. The summed E-state index contributed by atoms with van der Waals surface area (Å²) < 4.78 is 1.90. The Kier molecular flexibility index (Phi) is 4.87. The van der Waals surface area contributed by atoms with E-state index >= 15 is 0 Å². The molecule has 5 nitrogen and oxygen atoms in total. The van der Waals surface area contributed by atoms with Crippen LogP contribution in [0.3, 0.4) is 0 Å². The van der Waals surface area contributed by atoms with Gasteiger partial charge in [-0.15, -0.1) is 0 Å². The van der Waals surface area contributed by atoms with E-state index in [0.29, 0.717) is 0 Å². The zero-order valence-corrected chi connectivity index (χ0v) is 12.4. The molecule has 1 aliphatic rings. The molecule has 19 heavy (non-hydrogen) atoms. The molecule has 1 aromatic rings. The van der Waals surface area contributed by atoms with Crippen LogP contribution in [-0.4, -0.2) is 33.7 Å². The Morgan fingerprint density at radius 3 is 3.26 bits per heavy atom. The molecular formula is C13H22N4OS. The summed E-state index contributed by atoms with van der Waals surface area (Å²) in [5.74, 6) is 0.868. The molecule has 2 atom stereocenters. The first-order chi connectivity index (χ1) is 9.13. The molecule has 0 aromatic carbocycles. The number of nitrogens with one attached hydrogen (secondary N) is 1. The third-order valence-electron chi connectivity index (χ3n) is 3.66. The summed E-state index contributed by atoms with van der Waals surface area (Å²) in [4.78, 5) is 12.1. The van der Waals surface area contributed by atoms with E-state index in [1.165, 1.54) is 5.69 Å². The lowest BCUT2D eigenvalue weighted by Crippen LogP contribution is -2.43. The zero-order valence-electron chi connectivity index (χ0n) is 11.6. The van der Waals surface area contributed by atoms with Crippen molar-refractivity contribution in [2.75, 3.05) is 12.0 Å². The SMILES string of the molecule is CSCC[C@@H](N)C(=O)NC1CCCc2c1cnn2C. The highest BCUT2D eigenvalue weighted by Gasteiger charge is 2.26. The molecule has 0 bridgehead atoms. The standard InChI is InChI=1S/C13H22N4OS/c1-17-12-5-3-4-11(9(12)8-15-17)16-13(18)10(14)6-7-19-2/h8,10-11H,3-7,14H2,1-2H3,(H,16,18)/t10-,11?/m1/s1. The predicted octanol–water partition coefficient (Wildman–Crippen LogP) is 0.994. The van der Waals surface area contributed by atoms with Gasteiger partial charge < -0.3 is 11.1 Å². The first-order valence-electron chi connectivity index (χ1n) is 6.69. The maximum absolute atomic E-state index is 12.1. The molecule has 106 valence electrons. The van der Waals surface area contributed by atoms with Crippen LogP contribution in [0.1, 0.15) is 36.6 Å². The lowest BCUT2D eigenvalue weighted by atomic mass is 9.92. The van der Waals surface area contributed by atoms with E-state index < -0.39 is 6.04 Å². The number of carbonyl (C=O) groups is 1. The van der Waals surface area contributed by atoms with E-state index in [1.807, 2.05) is 24.2 Å². The molecule has 0 aliphatic heterocycles. The molecule has 0 saturated heterocycles. The van der Waals surface area contributed by atoms with Crippen molar-refractivity contribution in [1.29, 1.82) is 0 Å². The molecular weight excluding hydrogens is 260 g/mol. The first-order valence-corrected chi connectivity index (χ1v) is 8.08. The van der Waals surface area contributed by atoms with Crippen molar-refractivity contribution in [2.24, 2.45) is 12.8 Å². The Morgan fingerprint density at radius 2 is 2.53 bits per heavy atom. The number of rotatable bonds is 5. The minimum absolute atomic E-state index is 0.0456. The molecule has 1 amide bonds. The molecule has 0 spiro atoms. The molecule has 6 heteroatoms. The molecule has 0 fully saturated rings. The minimum atomic E-state index is -0.408. The van der Waals surface area contributed by atoms with Gasteiger partial charge in [0, 0.05) is 18.3 Å². The summed E-state index contributed by atoms with van der Waals surface area (Å²) in [7, 11) is 1.95. The Bertz CT molecular complexity index is 446. The average Bonchev–Trinajstić information content (AvgIpc) is 2.79. The number of aryl methyl sites for hydroxylation is 1. The van der Waals surface area contributed by atoms with Crippen molar-refractivity contribution in [3.05, 3.63) is 17.5 Å². The monoisotopic (exact) mass is 282 g/mol. The van der Waals surface area contributed by atoms with E-state index in [-0.39, 0.29) is 11.9 Å². The van der Waals surface area contributed by atoms with Crippen LogP contribution < -0.4 is 11.1 Å². The fourth-order valence-corrected chi connectivity index (χ4v) is 3.00. The number of aromatic nitrogens is 2. The fourth-order valence-electron chi connectivity index (χ4n) is 2.51. The number of thioether (sulfide) groups is 1. The van der Waals surface area contributed by atoms with Crippen LogP contribution in [0.4, 0.5) is 0 Å². The summed E-state index contributed by atoms with van der Waals surface area (Å²) in [6, 6.07) is -0.334. The zero-order chi connectivity index (χ0) is 13.8. The van der Waals surface area contributed by atoms with Gasteiger partial charge in [0.05, 0.1) is 18.3 Å². The van der Waals surface area contributed by atoms with Gasteiger partial charge in [-0.3, -0.25) is 9.48 Å². The third-order valence-corrected chi connectivity index (χ3v) is 4.31. The second-order valence-electron chi connectivity index (χ2n) is 5.01. The fraction of sp³-hybridized carbons (Fsp3) is 0.692. The van der Waals surface area contributed by atoms with Crippen LogP contribution in [0.25, 0.3) is 0 Å². The number of carbonyl (C=O) groups excluding carboxylic acids is 1. The lowest BCUT2D eigenvalue weighted by molar-refractivity contribution is -0.123. The number of hydrogen-bond donors (Lipinski definition) is 2. The van der Waals surface area contributed by atoms with Gasteiger partial charge in [0.1, 0.15) is 0 Å². The van der Waals surface area contributed by atoms with Crippen LogP contribution in [0.2, 0.25) is 0 Å². The van der Waals surface area contributed by atoms with Gasteiger partial charge in [0.15, 0.2) is 0 Å². The summed E-state index contributed by atoms with van der Waals surface area (Å²) in [5, 5.41) is 7.35. The molecule has 1 unspecified atom stereocenters. The summed E-state index contributed by atoms with van der Waals surface area (Å²) in [6.45, 7) is 0. The molecule has 3 N–H and O–H groups in total. The molecule has 0 radical (unpaired) electrons. The van der Waals surface area contributed by atoms with E-state index in [0.717, 1.165) is 37.0 Å². The van der Waals surface area contributed by atoms with Crippen LogP contribution in [-0.2, 0) is 18.3 Å². The normalized spacial score (nSPS) is 19.8. The Labute approximate surface area is 118 Å². The highest BCUT2D eigenvalue weighted by Crippen LogP contribution is 2.29. The number of fused-ring (bicyclic) bond motifs is 1. The number of amides is 1. The Hall–Kier alpha value is -1.01. The highest BCUT2D eigenvalue weighted by molar-refractivity contribution is 7.98. The van der Waals surface area contributed by atoms with Crippen LogP contribution in [0.15, 0.2) is 6.20 Å². The molecule has 1 heterocycles. The molecule has 2 rings (SSSR count). The van der Waals surface area contributed by atoms with Crippen LogP contribution in [0, 0.1) is 0 Å². The van der Waals surface area contributed by atoms with Crippen molar-refractivity contribution in [1.82, 2.24) is 15.1 Å². The molecule has 1 aromatic heterocycles. The van der Waals surface area contributed by atoms with E-state index in [2.05, 4.69) is 10.4 Å². The van der Waals surface area contributed by atoms with Gasteiger partial charge in [-0.2, -0.15) is 16.9 Å². The van der Waals surface area contributed by atoms with E-state index in [1.54, 1.807) is 11.8 Å². The third kappa shape index (κ3) is 3.30. The number of nitrogens with zero attached hydrogens (tertiary/aromatic N) is 2. The summed E-state index contributed by atoms with van der Waals surface area (Å²) >= 11 is 1.71. The maximum Gasteiger partial charge on any atom is 0.237 e. The van der Waals surface area contributed by atoms with Crippen LogP contribution in [0.5, 0.6) is 0 Å². The van der Waals surface area contributed by atoms with Crippen molar-refractivity contribution in [2.45, 2.75) is 37.8 Å². The molecule has 1 aliphatic carbocycles. The maximum atomic E-state index is 12.1. The van der Waals surface area contributed by atoms with Gasteiger partial charge in [-0.05, 0) is 37.7 Å². The Balaban J connectivity index is 1.98. The second-order valence-corrected chi connectivity index (χ2v) is 6.00. The molecule has 0 saturated carbocycles. The minimum Gasteiger partial charge on any atom is -0.348 e. The average molecular weight is 282 g/mol. The lowest BCUT2D eigenvalue weighted by Gasteiger charge is -2.25. The van der Waals surface area contributed by atoms with Gasteiger partial charge >= 0.3 is 0 Å². The Morgan fingerprint density at radius 1 is 1.74 bits per heavy atom. The van der Waals surface area contributed by atoms with Crippen LogP contribution >= 0.6 is 11.8 Å². The van der Waals surface area contributed by atoms with E-state index in [9.17, 15) is 4.79 Å². The number of hydrogen-bond acceptors (Lipinski definition) is 4. The highest BCUT2D eigenvalue weighted by atomic mass is 32.2. The first kappa shape index (κ1) is 14.4. The number of nitrogens with two attached hydrogens (primary N) is 1. The van der Waals surface area contributed by atoms with Crippen molar-refractivity contribution in [3.8, 4) is 0 Å². The second kappa shape index (κ2) is 6.43. The van der Waals surface area contributed by atoms with Gasteiger partial charge in [-0.1, -0.05) is 0 Å². The van der Waals surface area contributed by atoms with Crippen molar-refractivity contribution in [3.63, 3.8) is 0 Å². The summed E-state index contributed by atoms with van der Waals surface area (Å²) in [6.07, 6.45) is 7.70. The smallest absolute Gasteiger partial charge is 0.237 e. The van der Waals surface area contributed by atoms with Gasteiger partial charge in [-0.25, -0.2) is 0 Å². The van der Waals surface area contributed by atoms with Gasteiger partial charge in [0.2, 0.25) is 5.91 Å². The predicted molar refractivity (Wildman–Crippen MR) is 78.0 cm³/mol. The quantitative estimate of drug-likeness (QED) is 0.845. The van der Waals surface area contributed by atoms with E-state index in [4.69, 9.17) is 5.73 Å². The summed E-state index contributed by atoms with van der Waals surface area (Å²) in [5.41, 5.74) is 8.28. The van der Waals surface area contributed by atoms with Crippen molar-refractivity contribution >= 4 is 17.7 Å². The topological polar surface area (TPSA) is 72.9 Å². The van der Waals surface area contributed by atoms with Crippen molar-refractivity contribution < 1.29 is 4.79 Å². The van der Waals surface area contributed by atoms with Gasteiger partial charge in [0.25, 0.3) is 0 Å².